The number of hydrogen-bond acceptors (Lipinski definition) is 4. The molecule has 5 nitrogen and oxygen atoms in total. The fraction of sp³-hybridized carbons (Fsp3) is 0.308. The summed E-state index contributed by atoms with van der Waals surface area (Å²) in [5, 5.41) is 17.2. The van der Waals surface area contributed by atoms with Crippen LogP contribution >= 0.6 is 27.7 Å². The van der Waals surface area contributed by atoms with Crippen LogP contribution in [0.2, 0.25) is 0 Å². The maximum absolute atomic E-state index is 14.0. The lowest BCUT2D eigenvalue weighted by molar-refractivity contribution is -0.133. The molecule has 0 unspecified atom stereocenters. The van der Waals surface area contributed by atoms with Crippen molar-refractivity contribution in [1.82, 2.24) is 14.8 Å². The molecule has 0 saturated carbocycles. The lowest BCUT2D eigenvalue weighted by Crippen LogP contribution is -2.07. The molecular weight excluding hydrogens is 361 g/mol. The minimum Gasteiger partial charge on any atom is -0.481 e. The molecule has 0 saturated heterocycles. The van der Waals surface area contributed by atoms with E-state index in [4.69, 9.17) is 5.11 Å². The van der Waals surface area contributed by atoms with Crippen LogP contribution in [0.25, 0.3) is 11.4 Å². The van der Waals surface area contributed by atoms with Gasteiger partial charge in [-0.05, 0) is 32.0 Å². The van der Waals surface area contributed by atoms with Gasteiger partial charge in [-0.25, -0.2) is 4.39 Å². The van der Waals surface area contributed by atoms with Gasteiger partial charge < -0.3 is 5.11 Å². The van der Waals surface area contributed by atoms with E-state index < -0.39 is 11.8 Å². The molecule has 0 spiro atoms. The summed E-state index contributed by atoms with van der Waals surface area (Å²) in [6.07, 6.45) is 0. The second-order valence-electron chi connectivity index (χ2n) is 4.58. The molecule has 21 heavy (non-hydrogen) atoms. The molecule has 0 aliphatic carbocycles. The van der Waals surface area contributed by atoms with Crippen LogP contribution in [0.4, 0.5) is 4.39 Å². The second-order valence-corrected chi connectivity index (χ2v) is 6.43. The van der Waals surface area contributed by atoms with Gasteiger partial charge in [-0.2, -0.15) is 0 Å². The number of halogens is 2. The molecule has 8 heteroatoms. The van der Waals surface area contributed by atoms with Crippen molar-refractivity contribution < 1.29 is 14.3 Å². The molecule has 1 heterocycles. The third kappa shape index (κ3) is 3.62. The summed E-state index contributed by atoms with van der Waals surface area (Å²) < 4.78 is 16.5. The average Bonchev–Trinajstić information content (AvgIpc) is 2.83. The first-order valence-corrected chi connectivity index (χ1v) is 7.93. The van der Waals surface area contributed by atoms with Crippen molar-refractivity contribution in [3.8, 4) is 11.4 Å². The Morgan fingerprint density at radius 3 is 2.81 bits per heavy atom. The van der Waals surface area contributed by atoms with Gasteiger partial charge in [0.05, 0.1) is 11.3 Å². The molecule has 112 valence electrons. The highest BCUT2D eigenvalue weighted by Crippen LogP contribution is 2.30. The van der Waals surface area contributed by atoms with Gasteiger partial charge in [-0.15, -0.1) is 10.2 Å². The minimum absolute atomic E-state index is 0.0234. The number of thioether (sulfide) groups is 1. The quantitative estimate of drug-likeness (QED) is 0.810. The fourth-order valence-electron chi connectivity index (χ4n) is 1.82. The molecule has 1 aromatic heterocycles. The third-order valence-corrected chi connectivity index (χ3v) is 4.10. The van der Waals surface area contributed by atoms with Crippen molar-refractivity contribution in [2.24, 2.45) is 0 Å². The van der Waals surface area contributed by atoms with E-state index in [2.05, 4.69) is 26.1 Å². The molecule has 0 bridgehead atoms. The topological polar surface area (TPSA) is 68.0 Å². The van der Waals surface area contributed by atoms with Crippen molar-refractivity contribution in [3.05, 3.63) is 28.5 Å². The fourth-order valence-corrected chi connectivity index (χ4v) is 2.97. The van der Waals surface area contributed by atoms with Gasteiger partial charge >= 0.3 is 5.97 Å². The Kier molecular flexibility index (Phi) is 5.00. The zero-order valence-electron chi connectivity index (χ0n) is 11.4. The number of aliphatic carboxylic acids is 1. The highest BCUT2D eigenvalue weighted by atomic mass is 79.9. The molecule has 2 rings (SSSR count). The molecule has 1 aromatic carbocycles. The molecule has 2 aromatic rings. The molecule has 1 N–H and O–H groups in total. The van der Waals surface area contributed by atoms with Crippen LogP contribution in [0.15, 0.2) is 27.8 Å². The number of benzene rings is 1. The number of aromatic nitrogens is 3. The first-order chi connectivity index (χ1) is 9.90. The predicted octanol–water partition coefficient (Wildman–Crippen LogP) is 3.60. The average molecular weight is 374 g/mol. The smallest absolute Gasteiger partial charge is 0.313 e. The molecule has 0 aliphatic heterocycles. The standard InChI is InChI=1S/C13H13BrFN3O2S/c1-7(2)18-12(9-5-8(14)3-4-10(9)15)16-17-13(18)21-6-11(19)20/h3-5,7H,6H2,1-2H3,(H,19,20). The Morgan fingerprint density at radius 1 is 1.48 bits per heavy atom. The number of carbonyl (C=O) groups is 1. The summed E-state index contributed by atoms with van der Waals surface area (Å²) in [5.41, 5.74) is 0.327. The Morgan fingerprint density at radius 2 is 2.19 bits per heavy atom. The summed E-state index contributed by atoms with van der Waals surface area (Å²) in [4.78, 5) is 10.7. The van der Waals surface area contributed by atoms with Crippen molar-refractivity contribution in [2.75, 3.05) is 5.75 Å². The van der Waals surface area contributed by atoms with Gasteiger partial charge in [0.1, 0.15) is 5.82 Å². The van der Waals surface area contributed by atoms with Crippen LogP contribution in [0.5, 0.6) is 0 Å². The maximum atomic E-state index is 14.0. The third-order valence-electron chi connectivity index (χ3n) is 2.67. The number of rotatable bonds is 5. The van der Waals surface area contributed by atoms with Gasteiger partial charge in [0.2, 0.25) is 0 Å². The molecule has 0 aliphatic rings. The summed E-state index contributed by atoms with van der Waals surface area (Å²) in [5.74, 6) is -1.07. The molecule has 0 atom stereocenters. The lowest BCUT2D eigenvalue weighted by atomic mass is 10.2. The first-order valence-electron chi connectivity index (χ1n) is 6.15. The Labute approximate surface area is 133 Å². The van der Waals surface area contributed by atoms with Crippen LogP contribution < -0.4 is 0 Å². The van der Waals surface area contributed by atoms with E-state index in [9.17, 15) is 9.18 Å². The number of carboxylic acid groups (broad SMARTS) is 1. The zero-order chi connectivity index (χ0) is 15.6. The van der Waals surface area contributed by atoms with Crippen LogP contribution in [0.1, 0.15) is 19.9 Å². The van der Waals surface area contributed by atoms with E-state index in [0.29, 0.717) is 16.5 Å². The van der Waals surface area contributed by atoms with Gasteiger partial charge in [-0.3, -0.25) is 9.36 Å². The van der Waals surface area contributed by atoms with E-state index in [0.717, 1.165) is 16.2 Å². The maximum Gasteiger partial charge on any atom is 0.313 e. The van der Waals surface area contributed by atoms with E-state index in [-0.39, 0.29) is 11.8 Å². The summed E-state index contributed by atoms with van der Waals surface area (Å²) in [6.45, 7) is 3.82. The van der Waals surface area contributed by atoms with Gasteiger partial charge in [-0.1, -0.05) is 27.7 Å². The molecule has 0 radical (unpaired) electrons. The number of nitrogens with zero attached hydrogens (tertiary/aromatic N) is 3. The Hall–Kier alpha value is -1.41. The second kappa shape index (κ2) is 6.57. The monoisotopic (exact) mass is 373 g/mol. The SMILES string of the molecule is CC(C)n1c(SCC(=O)O)nnc1-c1cc(Br)ccc1F. The van der Waals surface area contributed by atoms with E-state index in [1.54, 1.807) is 16.7 Å². The van der Waals surface area contributed by atoms with E-state index in [1.807, 2.05) is 13.8 Å². The summed E-state index contributed by atoms with van der Waals surface area (Å²) in [6, 6.07) is 4.56. The number of hydrogen-bond donors (Lipinski definition) is 1. The van der Waals surface area contributed by atoms with Crippen molar-refractivity contribution >= 4 is 33.7 Å². The van der Waals surface area contributed by atoms with Crippen LogP contribution in [-0.2, 0) is 4.79 Å². The van der Waals surface area contributed by atoms with Crippen LogP contribution in [-0.4, -0.2) is 31.6 Å². The first kappa shape index (κ1) is 16.0. The largest absolute Gasteiger partial charge is 0.481 e. The molecule has 0 amide bonds. The summed E-state index contributed by atoms with van der Waals surface area (Å²) >= 11 is 4.37. The molecule has 0 fully saturated rings. The van der Waals surface area contributed by atoms with Gasteiger partial charge in [0.25, 0.3) is 0 Å². The Bertz CT molecular complexity index is 675. The number of carboxylic acids is 1. The van der Waals surface area contributed by atoms with Crippen LogP contribution in [0.3, 0.4) is 0 Å². The van der Waals surface area contributed by atoms with Crippen molar-refractivity contribution in [2.45, 2.75) is 25.0 Å². The zero-order valence-corrected chi connectivity index (χ0v) is 13.8. The predicted molar refractivity (Wildman–Crippen MR) is 81.9 cm³/mol. The summed E-state index contributed by atoms with van der Waals surface area (Å²) in [7, 11) is 0. The van der Waals surface area contributed by atoms with Gasteiger partial charge in [0.15, 0.2) is 11.0 Å². The van der Waals surface area contributed by atoms with Crippen LogP contribution in [0, 0.1) is 5.82 Å². The van der Waals surface area contributed by atoms with E-state index >= 15 is 0 Å². The highest BCUT2D eigenvalue weighted by Gasteiger charge is 2.20. The normalized spacial score (nSPS) is 11.1. The minimum atomic E-state index is -0.937. The highest BCUT2D eigenvalue weighted by molar-refractivity contribution is 9.10. The molecular formula is C13H13BrFN3O2S. The Balaban J connectivity index is 2.49. The van der Waals surface area contributed by atoms with Gasteiger partial charge in [0, 0.05) is 10.5 Å². The van der Waals surface area contributed by atoms with Crippen molar-refractivity contribution in [1.29, 1.82) is 0 Å². The van der Waals surface area contributed by atoms with Crippen molar-refractivity contribution in [3.63, 3.8) is 0 Å². The lowest BCUT2D eigenvalue weighted by Gasteiger charge is -2.13. The van der Waals surface area contributed by atoms with E-state index in [1.165, 1.54) is 6.07 Å².